The maximum absolute atomic E-state index is 13.9. The van der Waals surface area contributed by atoms with E-state index in [1.165, 1.54) is 6.08 Å². The monoisotopic (exact) mass is 307 g/mol. The number of hydrogen-bond acceptors (Lipinski definition) is 3. The lowest BCUT2D eigenvalue weighted by Gasteiger charge is -2.23. The summed E-state index contributed by atoms with van der Waals surface area (Å²) in [5.41, 5.74) is 1.69. The van der Waals surface area contributed by atoms with E-state index in [0.29, 0.717) is 18.5 Å². The highest BCUT2D eigenvalue weighted by molar-refractivity contribution is 7.73. The Bertz CT molecular complexity index is 682. The quantitative estimate of drug-likeness (QED) is 0.784. The van der Waals surface area contributed by atoms with Gasteiger partial charge < -0.3 is 4.90 Å². The zero-order valence-corrected chi connectivity index (χ0v) is 12.7. The van der Waals surface area contributed by atoms with Gasteiger partial charge in [0.2, 0.25) is 10.3 Å². The van der Waals surface area contributed by atoms with E-state index in [2.05, 4.69) is 11.8 Å². The van der Waals surface area contributed by atoms with Crippen molar-refractivity contribution in [3.8, 4) is 0 Å². The van der Waals surface area contributed by atoms with Crippen molar-refractivity contribution in [1.82, 2.24) is 0 Å². The van der Waals surface area contributed by atoms with Crippen LogP contribution in [0.2, 0.25) is 0 Å². The van der Waals surface area contributed by atoms with E-state index in [1.807, 2.05) is 30.3 Å². The molecular weight excluding hydrogens is 289 g/mol. The zero-order chi connectivity index (χ0) is 15.2. The van der Waals surface area contributed by atoms with Crippen LogP contribution in [0.1, 0.15) is 19.8 Å². The Balaban J connectivity index is 2.05. The molecule has 0 radical (unpaired) electrons. The van der Waals surface area contributed by atoms with E-state index in [4.69, 9.17) is 0 Å². The van der Waals surface area contributed by atoms with Crippen molar-refractivity contribution in [3.05, 3.63) is 53.9 Å². The van der Waals surface area contributed by atoms with Crippen LogP contribution in [-0.2, 0) is 10.3 Å². The molecule has 112 valence electrons. The Hall–Kier alpha value is -1.88. The Labute approximate surface area is 125 Å². The molecule has 5 heteroatoms. The molecule has 0 fully saturated rings. The minimum Gasteiger partial charge on any atom is -0.371 e. The summed E-state index contributed by atoms with van der Waals surface area (Å²) in [7, 11) is -2.34. The van der Waals surface area contributed by atoms with Crippen LogP contribution in [-0.4, -0.2) is 26.4 Å². The third kappa shape index (κ3) is 4.04. The van der Waals surface area contributed by atoms with Crippen LogP contribution in [0.3, 0.4) is 0 Å². The molecular formula is C16H18FNO2S. The lowest BCUT2D eigenvalue weighted by atomic mass is 10.0. The molecule has 0 spiro atoms. The van der Waals surface area contributed by atoms with Crippen LogP contribution in [0.5, 0.6) is 0 Å². The van der Waals surface area contributed by atoms with Crippen molar-refractivity contribution < 1.29 is 12.8 Å². The van der Waals surface area contributed by atoms with Gasteiger partial charge in [0.05, 0.1) is 4.86 Å². The van der Waals surface area contributed by atoms with Gasteiger partial charge in [0, 0.05) is 25.2 Å². The van der Waals surface area contributed by atoms with Crippen molar-refractivity contribution in [2.75, 3.05) is 18.0 Å². The molecule has 1 aliphatic rings. The standard InChI is InChI=1S/C16H18FNO2S/c1-2-18(14-6-4-3-5-7-14)11-10-13-8-9-15(21(19)20)12-16(13)17/h3-9H,2,10-12H2,1H3. The first kappa shape index (κ1) is 15.5. The van der Waals surface area contributed by atoms with Crippen LogP contribution in [0.4, 0.5) is 10.1 Å². The van der Waals surface area contributed by atoms with E-state index in [-0.39, 0.29) is 17.1 Å². The number of anilines is 1. The van der Waals surface area contributed by atoms with E-state index in [9.17, 15) is 12.8 Å². The van der Waals surface area contributed by atoms with Gasteiger partial charge in [-0.2, -0.15) is 8.42 Å². The number of rotatable bonds is 5. The van der Waals surface area contributed by atoms with Crippen molar-refractivity contribution in [3.63, 3.8) is 0 Å². The molecule has 2 rings (SSSR count). The third-order valence-corrected chi connectivity index (χ3v) is 4.23. The maximum atomic E-state index is 13.9. The molecule has 3 nitrogen and oxygen atoms in total. The minimum absolute atomic E-state index is 0.103. The Morgan fingerprint density at radius 1 is 1.19 bits per heavy atom. The second-order valence-corrected chi connectivity index (χ2v) is 5.80. The largest absolute Gasteiger partial charge is 0.371 e. The number of hydrogen-bond donors (Lipinski definition) is 0. The molecule has 0 amide bonds. The average Bonchev–Trinajstić information content (AvgIpc) is 2.50. The third-order valence-electron chi connectivity index (χ3n) is 3.52. The summed E-state index contributed by atoms with van der Waals surface area (Å²) in [6, 6.07) is 9.96. The van der Waals surface area contributed by atoms with Gasteiger partial charge in [-0.15, -0.1) is 0 Å². The molecule has 0 unspecified atom stereocenters. The second kappa shape index (κ2) is 7.22. The first-order valence-electron chi connectivity index (χ1n) is 6.92. The molecule has 0 N–H and O–H groups in total. The molecule has 21 heavy (non-hydrogen) atoms. The molecule has 1 aromatic carbocycles. The number of para-hydroxylation sites is 1. The van der Waals surface area contributed by atoms with E-state index in [0.717, 1.165) is 12.2 Å². The predicted molar refractivity (Wildman–Crippen MR) is 84.8 cm³/mol. The molecule has 0 bridgehead atoms. The van der Waals surface area contributed by atoms with E-state index < -0.39 is 10.3 Å². The summed E-state index contributed by atoms with van der Waals surface area (Å²) >= 11 is 0. The first-order valence-corrected chi connectivity index (χ1v) is 8.00. The van der Waals surface area contributed by atoms with Gasteiger partial charge in [0.15, 0.2) is 0 Å². The Morgan fingerprint density at radius 2 is 1.90 bits per heavy atom. The molecule has 1 aliphatic carbocycles. The molecule has 0 saturated carbocycles. The molecule has 0 saturated heterocycles. The van der Waals surface area contributed by atoms with Gasteiger partial charge in [-0.3, -0.25) is 0 Å². The average molecular weight is 307 g/mol. The molecule has 0 aromatic heterocycles. The lowest BCUT2D eigenvalue weighted by Crippen LogP contribution is -2.24. The minimum atomic E-state index is -2.34. The van der Waals surface area contributed by atoms with Crippen LogP contribution in [0.25, 0.3) is 0 Å². The molecule has 0 heterocycles. The fraction of sp³-hybridized carbons (Fsp3) is 0.312. The van der Waals surface area contributed by atoms with Gasteiger partial charge in [-0.1, -0.05) is 24.3 Å². The van der Waals surface area contributed by atoms with Crippen molar-refractivity contribution in [2.24, 2.45) is 0 Å². The predicted octanol–water partition coefficient (Wildman–Crippen LogP) is 3.14. The van der Waals surface area contributed by atoms with Gasteiger partial charge in [-0.25, -0.2) is 4.39 Å². The number of halogens is 1. The van der Waals surface area contributed by atoms with E-state index >= 15 is 0 Å². The van der Waals surface area contributed by atoms with Crippen LogP contribution >= 0.6 is 0 Å². The van der Waals surface area contributed by atoms with Crippen LogP contribution in [0, 0.1) is 0 Å². The van der Waals surface area contributed by atoms with Gasteiger partial charge in [-0.05, 0) is 37.1 Å². The fourth-order valence-corrected chi connectivity index (χ4v) is 2.73. The summed E-state index contributed by atoms with van der Waals surface area (Å²) < 4.78 is 35.6. The van der Waals surface area contributed by atoms with Gasteiger partial charge in [0.25, 0.3) is 0 Å². The SMILES string of the molecule is CCN(CCC1=C(F)CC(=S(=O)=O)C=C1)c1ccccc1. The summed E-state index contributed by atoms with van der Waals surface area (Å²) in [4.78, 5) is 2.27. The van der Waals surface area contributed by atoms with Crippen LogP contribution < -0.4 is 4.90 Å². The van der Waals surface area contributed by atoms with Crippen LogP contribution in [0.15, 0.2) is 53.9 Å². The summed E-state index contributed by atoms with van der Waals surface area (Å²) in [6.45, 7) is 3.59. The molecule has 1 aromatic rings. The smallest absolute Gasteiger partial charge is 0.217 e. The number of nitrogens with zero attached hydrogens (tertiary/aromatic N) is 1. The Kier molecular flexibility index (Phi) is 5.33. The summed E-state index contributed by atoms with van der Waals surface area (Å²) in [5.74, 6) is -0.346. The maximum Gasteiger partial charge on any atom is 0.217 e. The Morgan fingerprint density at radius 3 is 2.48 bits per heavy atom. The van der Waals surface area contributed by atoms with Crippen molar-refractivity contribution in [1.29, 1.82) is 0 Å². The molecule has 0 aliphatic heterocycles. The van der Waals surface area contributed by atoms with E-state index in [1.54, 1.807) is 6.08 Å². The first-order chi connectivity index (χ1) is 10.1. The number of allylic oxidation sites excluding steroid dienone is 3. The highest BCUT2D eigenvalue weighted by atomic mass is 32.2. The van der Waals surface area contributed by atoms with Gasteiger partial charge >= 0.3 is 0 Å². The normalized spacial score (nSPS) is 14.5. The lowest BCUT2D eigenvalue weighted by molar-refractivity contribution is 0.603. The number of benzene rings is 1. The van der Waals surface area contributed by atoms with Crippen molar-refractivity contribution in [2.45, 2.75) is 19.8 Å². The highest BCUT2D eigenvalue weighted by Gasteiger charge is 2.14. The highest BCUT2D eigenvalue weighted by Crippen LogP contribution is 2.22. The molecule has 0 atom stereocenters. The fourth-order valence-electron chi connectivity index (χ4n) is 2.31. The summed E-state index contributed by atoms with van der Waals surface area (Å²) in [6.07, 6.45) is 3.49. The van der Waals surface area contributed by atoms with Gasteiger partial charge in [0.1, 0.15) is 5.83 Å². The van der Waals surface area contributed by atoms with Crippen molar-refractivity contribution >= 4 is 20.8 Å². The summed E-state index contributed by atoms with van der Waals surface area (Å²) in [5, 5.41) is 0. The second-order valence-electron chi connectivity index (χ2n) is 4.81. The zero-order valence-electron chi connectivity index (χ0n) is 11.9. The topological polar surface area (TPSA) is 37.4 Å².